The van der Waals surface area contributed by atoms with E-state index in [1.165, 1.54) is 0 Å². The topological polar surface area (TPSA) is 76.2 Å². The van der Waals surface area contributed by atoms with E-state index in [1.54, 1.807) is 0 Å². The van der Waals surface area contributed by atoms with Crippen molar-refractivity contribution in [3.63, 3.8) is 0 Å². The Labute approximate surface area is 105 Å². The molecule has 78 valence electrons. The standard InChI is InChI=1S/C10H8N2O3.Li.H/c13-10(14)9-11-8(15-12-9)6-7-4-2-1-3-5-7;;/h1-5H,6H2,(H,13,14);;/q;+1;-1. The monoisotopic (exact) mass is 212 g/mol. The van der Waals surface area contributed by atoms with Crippen molar-refractivity contribution in [2.75, 3.05) is 0 Å². The molecule has 0 spiro atoms. The SMILES string of the molecule is O=C(O)c1noc(Cc2ccccc2)n1.[H-].[Li+]. The van der Waals surface area contributed by atoms with E-state index in [4.69, 9.17) is 9.63 Å². The first-order chi connectivity index (χ1) is 7.25. The number of aromatic carboxylic acids is 1. The van der Waals surface area contributed by atoms with Gasteiger partial charge in [0, 0.05) is 0 Å². The zero-order valence-corrected chi connectivity index (χ0v) is 8.75. The Morgan fingerprint density at radius 1 is 1.38 bits per heavy atom. The summed E-state index contributed by atoms with van der Waals surface area (Å²) >= 11 is 0. The van der Waals surface area contributed by atoms with E-state index in [0.717, 1.165) is 5.56 Å². The van der Waals surface area contributed by atoms with Crippen LogP contribution in [0.4, 0.5) is 0 Å². The van der Waals surface area contributed by atoms with Crippen molar-refractivity contribution in [2.24, 2.45) is 0 Å². The van der Waals surface area contributed by atoms with Gasteiger partial charge in [0.05, 0.1) is 6.42 Å². The van der Waals surface area contributed by atoms with E-state index < -0.39 is 5.97 Å². The Morgan fingerprint density at radius 2 is 2.06 bits per heavy atom. The van der Waals surface area contributed by atoms with Crippen LogP contribution in [0.15, 0.2) is 34.9 Å². The fourth-order valence-electron chi connectivity index (χ4n) is 1.18. The molecular weight excluding hydrogens is 203 g/mol. The van der Waals surface area contributed by atoms with Gasteiger partial charge in [0.15, 0.2) is 0 Å². The smallest absolute Gasteiger partial charge is 1.00 e. The molecule has 1 N–H and O–H groups in total. The van der Waals surface area contributed by atoms with Crippen molar-refractivity contribution in [1.29, 1.82) is 0 Å². The van der Waals surface area contributed by atoms with E-state index in [2.05, 4.69) is 10.1 Å². The van der Waals surface area contributed by atoms with Crippen LogP contribution in [0.1, 0.15) is 23.5 Å². The Hall–Kier alpha value is -1.57. The van der Waals surface area contributed by atoms with E-state index in [9.17, 15) is 4.79 Å². The second-order valence-electron chi connectivity index (χ2n) is 2.98. The predicted octanol–water partition coefficient (Wildman–Crippen LogP) is -1.52. The quantitative estimate of drug-likeness (QED) is 0.625. The molecule has 2 rings (SSSR count). The summed E-state index contributed by atoms with van der Waals surface area (Å²) in [6.45, 7) is 0. The van der Waals surface area contributed by atoms with Gasteiger partial charge in [-0.2, -0.15) is 4.98 Å². The minimum atomic E-state index is -1.18. The number of benzene rings is 1. The fourth-order valence-corrected chi connectivity index (χ4v) is 1.18. The molecule has 0 aliphatic carbocycles. The van der Waals surface area contributed by atoms with Crippen LogP contribution in [0, 0.1) is 0 Å². The maximum absolute atomic E-state index is 10.5. The predicted molar refractivity (Wildman–Crippen MR) is 51.6 cm³/mol. The molecule has 1 aromatic heterocycles. The number of aromatic nitrogens is 2. The second-order valence-corrected chi connectivity index (χ2v) is 2.98. The maximum atomic E-state index is 10.5. The molecule has 1 heterocycles. The average molecular weight is 212 g/mol. The molecule has 0 aliphatic heterocycles. The van der Waals surface area contributed by atoms with Gasteiger partial charge in [0.25, 0.3) is 5.82 Å². The first kappa shape index (κ1) is 12.5. The molecule has 1 aromatic carbocycles. The van der Waals surface area contributed by atoms with Crippen molar-refractivity contribution in [3.05, 3.63) is 47.6 Å². The molecular formula is C10H9LiN2O3. The molecule has 6 heteroatoms. The first-order valence-corrected chi connectivity index (χ1v) is 4.35. The third-order valence-electron chi connectivity index (χ3n) is 1.86. The normalized spacial score (nSPS) is 9.50. The van der Waals surface area contributed by atoms with Crippen molar-refractivity contribution in [1.82, 2.24) is 10.1 Å². The Bertz CT molecular complexity index is 475. The summed E-state index contributed by atoms with van der Waals surface area (Å²) in [7, 11) is 0. The molecule has 0 saturated carbocycles. The Morgan fingerprint density at radius 3 is 2.62 bits per heavy atom. The molecule has 0 radical (unpaired) electrons. The van der Waals surface area contributed by atoms with Crippen LogP contribution >= 0.6 is 0 Å². The molecule has 2 aromatic rings. The number of rotatable bonds is 3. The third kappa shape index (κ3) is 2.96. The zero-order chi connectivity index (χ0) is 10.7. The average Bonchev–Trinajstić information content (AvgIpc) is 2.68. The van der Waals surface area contributed by atoms with E-state index in [1.807, 2.05) is 30.3 Å². The third-order valence-corrected chi connectivity index (χ3v) is 1.86. The maximum Gasteiger partial charge on any atom is 1.00 e. The summed E-state index contributed by atoms with van der Waals surface area (Å²) in [4.78, 5) is 14.2. The largest absolute Gasteiger partial charge is 1.00 e. The summed E-state index contributed by atoms with van der Waals surface area (Å²) in [5, 5.41) is 11.9. The van der Waals surface area contributed by atoms with Crippen LogP contribution in [-0.4, -0.2) is 21.2 Å². The summed E-state index contributed by atoms with van der Waals surface area (Å²) in [6, 6.07) is 9.50. The zero-order valence-electron chi connectivity index (χ0n) is 9.75. The number of carbonyl (C=O) groups is 1. The van der Waals surface area contributed by atoms with Gasteiger partial charge in [-0.1, -0.05) is 30.3 Å². The van der Waals surface area contributed by atoms with Gasteiger partial charge in [0.1, 0.15) is 0 Å². The summed E-state index contributed by atoms with van der Waals surface area (Å²) in [5.41, 5.74) is 0.998. The summed E-state index contributed by atoms with van der Waals surface area (Å²) in [6.07, 6.45) is 0.446. The van der Waals surface area contributed by atoms with Crippen molar-refractivity contribution < 1.29 is 34.7 Å². The van der Waals surface area contributed by atoms with Gasteiger partial charge in [-0.25, -0.2) is 4.79 Å². The van der Waals surface area contributed by atoms with Crippen molar-refractivity contribution in [2.45, 2.75) is 6.42 Å². The molecule has 0 amide bonds. The van der Waals surface area contributed by atoms with Gasteiger partial charge in [-0.05, 0) is 10.7 Å². The first-order valence-electron chi connectivity index (χ1n) is 4.35. The Balaban J connectivity index is 0.00000128. The van der Waals surface area contributed by atoms with E-state index in [0.29, 0.717) is 12.3 Å². The van der Waals surface area contributed by atoms with E-state index in [-0.39, 0.29) is 26.1 Å². The molecule has 0 saturated heterocycles. The molecule has 0 unspecified atom stereocenters. The molecule has 16 heavy (non-hydrogen) atoms. The van der Waals surface area contributed by atoms with Gasteiger partial charge < -0.3 is 11.1 Å². The number of hydrogen-bond donors (Lipinski definition) is 1. The minimum Gasteiger partial charge on any atom is -1.00 e. The summed E-state index contributed by atoms with van der Waals surface area (Å²) in [5.74, 6) is -1.18. The van der Waals surface area contributed by atoms with E-state index >= 15 is 0 Å². The van der Waals surface area contributed by atoms with Crippen LogP contribution in [0.5, 0.6) is 0 Å². The van der Waals surface area contributed by atoms with Gasteiger partial charge >= 0.3 is 24.8 Å². The van der Waals surface area contributed by atoms with Crippen LogP contribution in [0.2, 0.25) is 0 Å². The summed E-state index contributed by atoms with van der Waals surface area (Å²) < 4.78 is 4.79. The number of carboxylic acid groups (broad SMARTS) is 1. The van der Waals surface area contributed by atoms with Crippen LogP contribution in [0.3, 0.4) is 0 Å². The molecule has 0 fully saturated rings. The van der Waals surface area contributed by atoms with Crippen LogP contribution < -0.4 is 18.9 Å². The van der Waals surface area contributed by atoms with Gasteiger partial charge in [-0.15, -0.1) is 0 Å². The van der Waals surface area contributed by atoms with Gasteiger partial charge in [-0.3, -0.25) is 0 Å². The number of carboxylic acids is 1. The van der Waals surface area contributed by atoms with Crippen molar-refractivity contribution in [3.8, 4) is 0 Å². The minimum absolute atomic E-state index is 0. The van der Waals surface area contributed by atoms with Crippen molar-refractivity contribution >= 4 is 5.97 Å². The number of nitrogens with zero attached hydrogens (tertiary/aromatic N) is 2. The fraction of sp³-hybridized carbons (Fsp3) is 0.100. The van der Waals surface area contributed by atoms with Crippen LogP contribution in [-0.2, 0) is 6.42 Å². The van der Waals surface area contributed by atoms with Crippen LogP contribution in [0.25, 0.3) is 0 Å². The molecule has 0 aliphatic rings. The second kappa shape index (κ2) is 5.49. The molecule has 0 atom stereocenters. The Kier molecular flexibility index (Phi) is 4.29. The number of hydrogen-bond acceptors (Lipinski definition) is 4. The van der Waals surface area contributed by atoms with Gasteiger partial charge in [0.2, 0.25) is 5.89 Å². The molecule has 5 nitrogen and oxygen atoms in total. The molecule has 0 bridgehead atoms.